The predicted molar refractivity (Wildman–Crippen MR) is 112 cm³/mol. The number of aromatic amines is 1. The number of hydrogen-bond acceptors (Lipinski definition) is 2. The molecular weight excluding hydrogens is 371 g/mol. The zero-order valence-corrected chi connectivity index (χ0v) is 16.0. The topological polar surface area (TPSA) is 77.2 Å². The number of para-hydroxylation sites is 1. The van der Waals surface area contributed by atoms with Crippen LogP contribution in [0.4, 0.5) is 20.6 Å². The van der Waals surface area contributed by atoms with Crippen LogP contribution in [0.3, 0.4) is 0 Å². The molecule has 1 aliphatic heterocycles. The molecular formula is C22H21FN4O2. The van der Waals surface area contributed by atoms with E-state index in [1.807, 2.05) is 30.5 Å². The van der Waals surface area contributed by atoms with Gasteiger partial charge in [0.2, 0.25) is 5.91 Å². The molecule has 3 amide bonds. The summed E-state index contributed by atoms with van der Waals surface area (Å²) in [5.41, 5.74) is 3.88. The third kappa shape index (κ3) is 3.99. The molecule has 0 bridgehead atoms. The summed E-state index contributed by atoms with van der Waals surface area (Å²) in [7, 11) is 0. The molecule has 0 radical (unpaired) electrons. The van der Waals surface area contributed by atoms with E-state index in [1.54, 1.807) is 4.90 Å². The number of aromatic nitrogens is 1. The predicted octanol–water partition coefficient (Wildman–Crippen LogP) is 4.59. The van der Waals surface area contributed by atoms with Gasteiger partial charge < -0.3 is 20.5 Å². The van der Waals surface area contributed by atoms with Crippen LogP contribution in [0.2, 0.25) is 0 Å². The monoisotopic (exact) mass is 392 g/mol. The van der Waals surface area contributed by atoms with E-state index < -0.39 is 5.82 Å². The summed E-state index contributed by atoms with van der Waals surface area (Å²) >= 11 is 0. The fraction of sp³-hybridized carbons (Fsp3) is 0.182. The fourth-order valence-electron chi connectivity index (χ4n) is 3.53. The van der Waals surface area contributed by atoms with E-state index in [0.29, 0.717) is 25.2 Å². The lowest BCUT2D eigenvalue weighted by Crippen LogP contribution is -2.38. The summed E-state index contributed by atoms with van der Waals surface area (Å²) in [6.07, 6.45) is 4.74. The highest BCUT2D eigenvalue weighted by Gasteiger charge is 2.20. The minimum atomic E-state index is -0.556. The van der Waals surface area contributed by atoms with Gasteiger partial charge in [0.25, 0.3) is 0 Å². The van der Waals surface area contributed by atoms with E-state index in [4.69, 9.17) is 0 Å². The van der Waals surface area contributed by atoms with Crippen LogP contribution in [0.25, 0.3) is 16.5 Å². The number of fused-ring (bicyclic) bond motifs is 1. The number of H-pyrrole nitrogens is 1. The Balaban J connectivity index is 1.46. The summed E-state index contributed by atoms with van der Waals surface area (Å²) in [6, 6.07) is 11.8. The molecule has 1 aliphatic rings. The number of nitrogens with one attached hydrogen (secondary N) is 3. The Morgan fingerprint density at radius 1 is 1.14 bits per heavy atom. The molecule has 0 saturated carbocycles. The van der Waals surface area contributed by atoms with Crippen molar-refractivity contribution in [3.8, 4) is 0 Å². The average Bonchev–Trinajstić information content (AvgIpc) is 3.14. The molecule has 3 aromatic rings. The minimum Gasteiger partial charge on any atom is -0.361 e. The summed E-state index contributed by atoms with van der Waals surface area (Å²) in [5, 5.41) is 6.34. The molecule has 148 valence electrons. The number of benzene rings is 2. The molecule has 0 spiro atoms. The molecule has 0 unspecified atom stereocenters. The number of amides is 3. The minimum absolute atomic E-state index is 0.0349. The highest BCUT2D eigenvalue weighted by atomic mass is 19.1. The largest absolute Gasteiger partial charge is 0.361 e. The SMILES string of the molecule is CC(=O)Nc1ccc(F)c(NC(=O)N2CC=C(c3c[nH]c4ccccc34)CC2)c1. The van der Waals surface area contributed by atoms with Crippen LogP contribution in [0.15, 0.2) is 54.7 Å². The van der Waals surface area contributed by atoms with Crippen LogP contribution < -0.4 is 10.6 Å². The second-order valence-electron chi connectivity index (χ2n) is 6.98. The van der Waals surface area contributed by atoms with Crippen molar-refractivity contribution < 1.29 is 14.0 Å². The molecule has 0 atom stereocenters. The van der Waals surface area contributed by atoms with E-state index in [1.165, 1.54) is 30.7 Å². The highest BCUT2D eigenvalue weighted by Crippen LogP contribution is 2.29. The average molecular weight is 392 g/mol. The molecule has 6 nitrogen and oxygen atoms in total. The van der Waals surface area contributed by atoms with E-state index in [0.717, 1.165) is 16.5 Å². The van der Waals surface area contributed by atoms with Gasteiger partial charge in [-0.1, -0.05) is 24.3 Å². The van der Waals surface area contributed by atoms with Crippen LogP contribution in [0.1, 0.15) is 18.9 Å². The van der Waals surface area contributed by atoms with Crippen molar-refractivity contribution in [2.24, 2.45) is 0 Å². The van der Waals surface area contributed by atoms with Crippen LogP contribution >= 0.6 is 0 Å². The molecule has 0 fully saturated rings. The van der Waals surface area contributed by atoms with Crippen LogP contribution in [0.5, 0.6) is 0 Å². The number of halogens is 1. The number of urea groups is 1. The van der Waals surface area contributed by atoms with Crippen LogP contribution in [-0.2, 0) is 4.79 Å². The summed E-state index contributed by atoms with van der Waals surface area (Å²) in [4.78, 5) is 28.7. The van der Waals surface area contributed by atoms with Crippen molar-refractivity contribution in [1.29, 1.82) is 0 Å². The van der Waals surface area contributed by atoms with E-state index in [2.05, 4.69) is 21.7 Å². The van der Waals surface area contributed by atoms with Gasteiger partial charge in [-0.25, -0.2) is 9.18 Å². The van der Waals surface area contributed by atoms with Crippen molar-refractivity contribution in [1.82, 2.24) is 9.88 Å². The number of hydrogen-bond donors (Lipinski definition) is 3. The summed E-state index contributed by atoms with van der Waals surface area (Å²) < 4.78 is 14.1. The third-order valence-electron chi connectivity index (χ3n) is 4.96. The first kappa shape index (κ1) is 18.7. The fourth-order valence-corrected chi connectivity index (χ4v) is 3.53. The molecule has 2 heterocycles. The molecule has 2 aromatic carbocycles. The lowest BCUT2D eigenvalue weighted by molar-refractivity contribution is -0.114. The van der Waals surface area contributed by atoms with Crippen molar-refractivity contribution in [2.45, 2.75) is 13.3 Å². The standard InChI is InChI=1S/C22H21FN4O2/c1-14(28)25-16-6-7-19(23)21(12-16)26-22(29)27-10-8-15(9-11-27)18-13-24-20-5-3-2-4-17(18)20/h2-8,12-13,24H,9-11H2,1H3,(H,25,28)(H,26,29). The number of carbonyl (C=O) groups excluding carboxylic acids is 2. The second-order valence-corrected chi connectivity index (χ2v) is 6.98. The van der Waals surface area contributed by atoms with Crippen molar-refractivity contribution in [3.05, 3.63) is 66.1 Å². The van der Waals surface area contributed by atoms with Gasteiger partial charge in [-0.05, 0) is 36.3 Å². The second kappa shape index (κ2) is 7.79. The molecule has 0 aliphatic carbocycles. The Labute approximate surface area is 167 Å². The van der Waals surface area contributed by atoms with Gasteiger partial charge in [0.1, 0.15) is 5.82 Å². The Bertz CT molecular complexity index is 1120. The molecule has 0 saturated heterocycles. The Morgan fingerprint density at radius 3 is 2.72 bits per heavy atom. The highest BCUT2D eigenvalue weighted by molar-refractivity contribution is 5.95. The van der Waals surface area contributed by atoms with E-state index in [-0.39, 0.29) is 17.6 Å². The van der Waals surface area contributed by atoms with E-state index >= 15 is 0 Å². The lowest BCUT2D eigenvalue weighted by atomic mass is 9.99. The third-order valence-corrected chi connectivity index (χ3v) is 4.96. The van der Waals surface area contributed by atoms with Gasteiger partial charge in [0.15, 0.2) is 0 Å². The Hall–Kier alpha value is -3.61. The Morgan fingerprint density at radius 2 is 1.97 bits per heavy atom. The first-order valence-electron chi connectivity index (χ1n) is 9.40. The van der Waals surface area contributed by atoms with Gasteiger partial charge in [0, 0.05) is 48.4 Å². The van der Waals surface area contributed by atoms with Gasteiger partial charge in [-0.15, -0.1) is 0 Å². The lowest BCUT2D eigenvalue weighted by Gasteiger charge is -2.27. The number of carbonyl (C=O) groups is 2. The van der Waals surface area contributed by atoms with Crippen LogP contribution in [0, 0.1) is 5.82 Å². The normalized spacial score (nSPS) is 13.9. The quantitative estimate of drug-likeness (QED) is 0.610. The molecule has 4 rings (SSSR count). The molecule has 7 heteroatoms. The summed E-state index contributed by atoms with van der Waals surface area (Å²) in [6.45, 7) is 2.34. The summed E-state index contributed by atoms with van der Waals surface area (Å²) in [5.74, 6) is -0.820. The molecule has 1 aromatic heterocycles. The maximum absolute atomic E-state index is 14.1. The van der Waals surface area contributed by atoms with Crippen molar-refractivity contribution in [3.63, 3.8) is 0 Å². The zero-order chi connectivity index (χ0) is 20.4. The molecule has 3 N–H and O–H groups in total. The Kier molecular flexibility index (Phi) is 5.03. The first-order valence-corrected chi connectivity index (χ1v) is 9.40. The van der Waals surface area contributed by atoms with Crippen molar-refractivity contribution >= 4 is 39.8 Å². The van der Waals surface area contributed by atoms with Crippen molar-refractivity contribution in [2.75, 3.05) is 23.7 Å². The van der Waals surface area contributed by atoms with Gasteiger partial charge in [-0.3, -0.25) is 4.79 Å². The number of rotatable bonds is 3. The van der Waals surface area contributed by atoms with Gasteiger partial charge in [-0.2, -0.15) is 0 Å². The number of nitrogens with zero attached hydrogens (tertiary/aromatic N) is 1. The maximum Gasteiger partial charge on any atom is 0.322 e. The van der Waals surface area contributed by atoms with Crippen LogP contribution in [-0.4, -0.2) is 34.9 Å². The first-order chi connectivity index (χ1) is 14.0. The maximum atomic E-state index is 14.1. The van der Waals surface area contributed by atoms with Gasteiger partial charge in [0.05, 0.1) is 5.69 Å². The zero-order valence-electron chi connectivity index (χ0n) is 16.0. The molecule has 29 heavy (non-hydrogen) atoms. The van der Waals surface area contributed by atoms with E-state index in [9.17, 15) is 14.0 Å². The van der Waals surface area contributed by atoms with Gasteiger partial charge >= 0.3 is 6.03 Å². The number of anilines is 2. The smallest absolute Gasteiger partial charge is 0.322 e.